The smallest absolute Gasteiger partial charge is 0.195 e. The standard InChI is InChI=1S/C12H22N2O/c1-8(2)10-11(12(3,4)5)14-9(15-10)6-7-13/h8H,6-7,13H2,1-5H3. The molecule has 15 heavy (non-hydrogen) atoms. The first-order valence-corrected chi connectivity index (χ1v) is 5.56. The van der Waals surface area contributed by atoms with Gasteiger partial charge in [0, 0.05) is 24.3 Å². The molecule has 0 saturated carbocycles. The van der Waals surface area contributed by atoms with Gasteiger partial charge in [0.1, 0.15) is 5.76 Å². The van der Waals surface area contributed by atoms with Crippen LogP contribution in [0.25, 0.3) is 0 Å². The molecule has 0 aromatic carbocycles. The average Bonchev–Trinajstić information content (AvgIpc) is 2.48. The van der Waals surface area contributed by atoms with Gasteiger partial charge in [-0.2, -0.15) is 0 Å². The summed E-state index contributed by atoms with van der Waals surface area (Å²) in [7, 11) is 0. The van der Waals surface area contributed by atoms with Gasteiger partial charge in [-0.15, -0.1) is 0 Å². The van der Waals surface area contributed by atoms with E-state index < -0.39 is 0 Å². The van der Waals surface area contributed by atoms with E-state index in [1.165, 1.54) is 0 Å². The highest BCUT2D eigenvalue weighted by atomic mass is 16.4. The van der Waals surface area contributed by atoms with Crippen molar-refractivity contribution in [1.82, 2.24) is 4.98 Å². The van der Waals surface area contributed by atoms with Crippen molar-refractivity contribution in [2.24, 2.45) is 5.73 Å². The van der Waals surface area contributed by atoms with Crippen LogP contribution >= 0.6 is 0 Å². The molecule has 0 spiro atoms. The molecule has 0 radical (unpaired) electrons. The second-order valence-corrected chi connectivity index (χ2v) is 5.26. The maximum Gasteiger partial charge on any atom is 0.195 e. The Kier molecular flexibility index (Phi) is 3.55. The molecule has 2 N–H and O–H groups in total. The lowest BCUT2D eigenvalue weighted by molar-refractivity contribution is 0.431. The lowest BCUT2D eigenvalue weighted by atomic mass is 9.88. The van der Waals surface area contributed by atoms with Gasteiger partial charge in [0.25, 0.3) is 0 Å². The minimum atomic E-state index is 0.0377. The first-order valence-electron chi connectivity index (χ1n) is 5.56. The first-order chi connectivity index (χ1) is 6.86. The van der Waals surface area contributed by atoms with E-state index in [-0.39, 0.29) is 5.41 Å². The molecule has 0 unspecified atom stereocenters. The Morgan fingerprint density at radius 3 is 2.27 bits per heavy atom. The van der Waals surface area contributed by atoms with Gasteiger partial charge in [-0.1, -0.05) is 34.6 Å². The number of rotatable bonds is 3. The van der Waals surface area contributed by atoms with Gasteiger partial charge < -0.3 is 10.2 Å². The highest BCUT2D eigenvalue weighted by Crippen LogP contribution is 2.30. The lowest BCUT2D eigenvalue weighted by Gasteiger charge is -2.17. The Morgan fingerprint density at radius 2 is 1.93 bits per heavy atom. The summed E-state index contributed by atoms with van der Waals surface area (Å²) in [6, 6.07) is 0. The molecule has 3 nitrogen and oxygen atoms in total. The minimum absolute atomic E-state index is 0.0377. The predicted molar refractivity (Wildman–Crippen MR) is 62.1 cm³/mol. The van der Waals surface area contributed by atoms with Crippen LogP contribution in [-0.2, 0) is 11.8 Å². The SMILES string of the molecule is CC(C)c1oc(CCN)nc1C(C)(C)C. The van der Waals surface area contributed by atoms with Crippen LogP contribution in [0, 0.1) is 0 Å². The summed E-state index contributed by atoms with van der Waals surface area (Å²) in [5.74, 6) is 2.15. The molecule has 0 aliphatic rings. The summed E-state index contributed by atoms with van der Waals surface area (Å²) in [6.45, 7) is 11.3. The van der Waals surface area contributed by atoms with Crippen molar-refractivity contribution in [3.05, 3.63) is 17.3 Å². The second-order valence-electron chi connectivity index (χ2n) is 5.26. The normalized spacial score (nSPS) is 12.5. The highest BCUT2D eigenvalue weighted by Gasteiger charge is 2.25. The molecule has 0 atom stereocenters. The molecule has 3 heteroatoms. The predicted octanol–water partition coefficient (Wildman–Crippen LogP) is 2.60. The van der Waals surface area contributed by atoms with E-state index in [1.54, 1.807) is 0 Å². The van der Waals surface area contributed by atoms with Crippen LogP contribution in [0.2, 0.25) is 0 Å². The molecule has 0 saturated heterocycles. The lowest BCUT2D eigenvalue weighted by Crippen LogP contribution is -2.15. The average molecular weight is 210 g/mol. The quantitative estimate of drug-likeness (QED) is 0.834. The Labute approximate surface area is 92.1 Å². The molecule has 0 aliphatic heterocycles. The topological polar surface area (TPSA) is 52.0 Å². The van der Waals surface area contributed by atoms with Crippen molar-refractivity contribution in [2.45, 2.75) is 52.4 Å². The summed E-state index contributed by atoms with van der Waals surface area (Å²) in [5, 5.41) is 0. The maximum atomic E-state index is 5.75. The van der Waals surface area contributed by atoms with Crippen LogP contribution in [-0.4, -0.2) is 11.5 Å². The van der Waals surface area contributed by atoms with Crippen molar-refractivity contribution < 1.29 is 4.42 Å². The molecule has 0 amide bonds. The number of hydrogen-bond donors (Lipinski definition) is 1. The van der Waals surface area contributed by atoms with Crippen molar-refractivity contribution >= 4 is 0 Å². The fourth-order valence-corrected chi connectivity index (χ4v) is 1.54. The van der Waals surface area contributed by atoms with E-state index in [0.29, 0.717) is 12.5 Å². The van der Waals surface area contributed by atoms with Crippen molar-refractivity contribution in [3.8, 4) is 0 Å². The fraction of sp³-hybridized carbons (Fsp3) is 0.750. The summed E-state index contributed by atoms with van der Waals surface area (Å²) in [5.41, 5.74) is 6.61. The zero-order valence-corrected chi connectivity index (χ0v) is 10.4. The van der Waals surface area contributed by atoms with E-state index in [0.717, 1.165) is 23.8 Å². The molecule has 86 valence electrons. The Morgan fingerprint density at radius 1 is 1.33 bits per heavy atom. The molecule has 0 fully saturated rings. The number of aromatic nitrogens is 1. The monoisotopic (exact) mass is 210 g/mol. The third-order valence-electron chi connectivity index (χ3n) is 2.29. The molecule has 1 aromatic heterocycles. The van der Waals surface area contributed by atoms with Crippen LogP contribution < -0.4 is 5.73 Å². The molecule has 1 heterocycles. The van der Waals surface area contributed by atoms with Crippen molar-refractivity contribution in [3.63, 3.8) is 0 Å². The molecular weight excluding hydrogens is 188 g/mol. The largest absolute Gasteiger partial charge is 0.445 e. The highest BCUT2D eigenvalue weighted by molar-refractivity contribution is 5.21. The van der Waals surface area contributed by atoms with Gasteiger partial charge in [-0.05, 0) is 0 Å². The zero-order valence-electron chi connectivity index (χ0n) is 10.4. The van der Waals surface area contributed by atoms with Gasteiger partial charge in [0.2, 0.25) is 0 Å². The van der Waals surface area contributed by atoms with E-state index >= 15 is 0 Å². The van der Waals surface area contributed by atoms with Crippen LogP contribution in [0.1, 0.15) is 57.9 Å². The van der Waals surface area contributed by atoms with Gasteiger partial charge in [0.05, 0.1) is 5.69 Å². The van der Waals surface area contributed by atoms with E-state index in [9.17, 15) is 0 Å². The third kappa shape index (κ3) is 2.81. The summed E-state index contributed by atoms with van der Waals surface area (Å²) in [6.07, 6.45) is 0.718. The van der Waals surface area contributed by atoms with Gasteiger partial charge in [-0.25, -0.2) is 4.98 Å². The van der Waals surface area contributed by atoms with Gasteiger partial charge in [-0.3, -0.25) is 0 Å². The van der Waals surface area contributed by atoms with Crippen LogP contribution in [0.3, 0.4) is 0 Å². The van der Waals surface area contributed by atoms with E-state index in [2.05, 4.69) is 39.6 Å². The number of hydrogen-bond acceptors (Lipinski definition) is 3. The summed E-state index contributed by atoms with van der Waals surface area (Å²) in [4.78, 5) is 4.55. The Hall–Kier alpha value is -0.830. The molecular formula is C12H22N2O. The number of oxazole rings is 1. The minimum Gasteiger partial charge on any atom is -0.445 e. The third-order valence-corrected chi connectivity index (χ3v) is 2.29. The number of nitrogens with zero attached hydrogens (tertiary/aromatic N) is 1. The van der Waals surface area contributed by atoms with Crippen LogP contribution in [0.5, 0.6) is 0 Å². The fourth-order valence-electron chi connectivity index (χ4n) is 1.54. The zero-order chi connectivity index (χ0) is 11.6. The Bertz CT molecular complexity index is 321. The van der Waals surface area contributed by atoms with E-state index in [4.69, 9.17) is 10.2 Å². The molecule has 0 bridgehead atoms. The Balaban J connectivity index is 3.12. The molecule has 1 rings (SSSR count). The van der Waals surface area contributed by atoms with E-state index in [1.807, 2.05) is 0 Å². The van der Waals surface area contributed by atoms with Gasteiger partial charge in [0.15, 0.2) is 5.89 Å². The summed E-state index contributed by atoms with van der Waals surface area (Å²) < 4.78 is 5.75. The second kappa shape index (κ2) is 4.35. The van der Waals surface area contributed by atoms with Gasteiger partial charge >= 0.3 is 0 Å². The maximum absolute atomic E-state index is 5.75. The summed E-state index contributed by atoms with van der Waals surface area (Å²) >= 11 is 0. The van der Waals surface area contributed by atoms with Crippen molar-refractivity contribution in [1.29, 1.82) is 0 Å². The first kappa shape index (κ1) is 12.2. The van der Waals surface area contributed by atoms with Crippen molar-refractivity contribution in [2.75, 3.05) is 6.54 Å². The molecule has 0 aliphatic carbocycles. The number of nitrogens with two attached hydrogens (primary N) is 1. The van der Waals surface area contributed by atoms with Crippen LogP contribution in [0.15, 0.2) is 4.42 Å². The molecule has 1 aromatic rings. The van der Waals surface area contributed by atoms with Crippen LogP contribution in [0.4, 0.5) is 0 Å².